The number of benzene rings is 1. The summed E-state index contributed by atoms with van der Waals surface area (Å²) in [5.74, 6) is 1.07. The molecule has 18 heavy (non-hydrogen) atoms. The molecule has 2 aliphatic rings. The topological polar surface area (TPSA) is 21.3 Å². The number of aryl methyl sites for hydroxylation is 1. The van der Waals surface area contributed by atoms with Crippen LogP contribution in [-0.4, -0.2) is 18.2 Å². The maximum atomic E-state index is 6.33. The largest absolute Gasteiger partial charge is 0.487 e. The summed E-state index contributed by atoms with van der Waals surface area (Å²) < 4.78 is 6.33. The first-order chi connectivity index (χ1) is 8.77. The van der Waals surface area contributed by atoms with Crippen molar-refractivity contribution in [2.24, 2.45) is 0 Å². The maximum Gasteiger partial charge on any atom is 0.123 e. The number of ether oxygens (including phenoxy) is 1. The van der Waals surface area contributed by atoms with Crippen LogP contribution in [0.5, 0.6) is 5.75 Å². The zero-order chi connectivity index (χ0) is 12.4. The van der Waals surface area contributed by atoms with E-state index in [2.05, 4.69) is 36.5 Å². The molecule has 2 fully saturated rings. The maximum absolute atomic E-state index is 6.33. The molecule has 0 radical (unpaired) electrons. The Bertz CT molecular complexity index is 407. The summed E-state index contributed by atoms with van der Waals surface area (Å²) >= 11 is 0. The van der Waals surface area contributed by atoms with E-state index in [-0.39, 0.29) is 5.60 Å². The Kier molecular flexibility index (Phi) is 3.29. The van der Waals surface area contributed by atoms with Gasteiger partial charge in [-0.2, -0.15) is 0 Å². The number of hydrogen-bond acceptors (Lipinski definition) is 2. The Morgan fingerprint density at radius 1 is 1.28 bits per heavy atom. The fourth-order valence-corrected chi connectivity index (χ4v) is 2.67. The minimum atomic E-state index is 0.119. The van der Waals surface area contributed by atoms with Gasteiger partial charge in [-0.05, 0) is 63.6 Å². The van der Waals surface area contributed by atoms with Crippen LogP contribution in [0, 0.1) is 6.92 Å². The number of hydrogen-bond donors (Lipinski definition) is 1. The Labute approximate surface area is 110 Å². The normalized spacial score (nSPS) is 21.4. The Balaban J connectivity index is 1.58. The molecule has 0 bridgehead atoms. The standard InChI is InChI=1S/C16H23NO/c1-13-5-2-3-6-15(13)18-16(9-4-10-16)11-12-17-14-7-8-14/h2-3,5-6,14,17H,4,7-12H2,1H3. The molecule has 2 aliphatic carbocycles. The number of rotatable bonds is 6. The van der Waals surface area contributed by atoms with Crippen molar-refractivity contribution in [3.8, 4) is 5.75 Å². The van der Waals surface area contributed by atoms with Crippen LogP contribution in [0.1, 0.15) is 44.1 Å². The van der Waals surface area contributed by atoms with E-state index < -0.39 is 0 Å². The summed E-state index contributed by atoms with van der Waals surface area (Å²) in [6, 6.07) is 9.18. The van der Waals surface area contributed by atoms with Crippen molar-refractivity contribution < 1.29 is 4.74 Å². The molecule has 0 aliphatic heterocycles. The van der Waals surface area contributed by atoms with E-state index in [1.165, 1.54) is 37.7 Å². The van der Waals surface area contributed by atoms with Gasteiger partial charge in [-0.1, -0.05) is 18.2 Å². The quantitative estimate of drug-likeness (QED) is 0.829. The third-order valence-electron chi connectivity index (χ3n) is 4.28. The lowest BCUT2D eigenvalue weighted by atomic mass is 9.77. The van der Waals surface area contributed by atoms with Crippen molar-refractivity contribution in [1.29, 1.82) is 0 Å². The van der Waals surface area contributed by atoms with Gasteiger partial charge in [0, 0.05) is 6.04 Å². The molecule has 0 amide bonds. The van der Waals surface area contributed by atoms with Crippen LogP contribution in [0.25, 0.3) is 0 Å². The first kappa shape index (κ1) is 12.0. The van der Waals surface area contributed by atoms with Gasteiger partial charge in [-0.3, -0.25) is 0 Å². The Morgan fingerprint density at radius 2 is 2.06 bits per heavy atom. The zero-order valence-corrected chi connectivity index (χ0v) is 11.2. The summed E-state index contributed by atoms with van der Waals surface area (Å²) in [6.07, 6.45) is 7.63. The van der Waals surface area contributed by atoms with Gasteiger partial charge in [0.2, 0.25) is 0 Å². The molecule has 0 atom stereocenters. The van der Waals surface area contributed by atoms with Crippen molar-refractivity contribution in [3.05, 3.63) is 29.8 Å². The molecule has 0 saturated heterocycles. The van der Waals surface area contributed by atoms with Crippen molar-refractivity contribution >= 4 is 0 Å². The predicted octanol–water partition coefficient (Wildman–Crippen LogP) is 3.44. The van der Waals surface area contributed by atoms with Crippen LogP contribution < -0.4 is 10.1 Å². The first-order valence-electron chi connectivity index (χ1n) is 7.25. The van der Waals surface area contributed by atoms with Gasteiger partial charge >= 0.3 is 0 Å². The molecule has 0 unspecified atom stereocenters. The molecule has 0 aromatic heterocycles. The molecule has 0 heterocycles. The lowest BCUT2D eigenvalue weighted by Crippen LogP contribution is -2.45. The van der Waals surface area contributed by atoms with Crippen LogP contribution in [0.2, 0.25) is 0 Å². The fourth-order valence-electron chi connectivity index (χ4n) is 2.67. The molecule has 0 spiro atoms. The van der Waals surface area contributed by atoms with E-state index in [1.807, 2.05) is 0 Å². The van der Waals surface area contributed by atoms with Gasteiger partial charge in [-0.25, -0.2) is 0 Å². The molecule has 1 aromatic carbocycles. The van der Waals surface area contributed by atoms with E-state index in [0.717, 1.165) is 24.8 Å². The summed E-state index contributed by atoms with van der Waals surface area (Å²) in [5.41, 5.74) is 1.37. The van der Waals surface area contributed by atoms with E-state index >= 15 is 0 Å². The molecule has 1 N–H and O–H groups in total. The van der Waals surface area contributed by atoms with Gasteiger partial charge in [0.1, 0.15) is 11.4 Å². The van der Waals surface area contributed by atoms with Crippen molar-refractivity contribution in [3.63, 3.8) is 0 Å². The summed E-state index contributed by atoms with van der Waals surface area (Å²) in [7, 11) is 0. The summed E-state index contributed by atoms with van der Waals surface area (Å²) in [4.78, 5) is 0. The lowest BCUT2D eigenvalue weighted by molar-refractivity contribution is -0.0148. The Hall–Kier alpha value is -1.02. The van der Waals surface area contributed by atoms with Crippen LogP contribution >= 0.6 is 0 Å². The molecule has 3 rings (SSSR count). The number of para-hydroxylation sites is 1. The smallest absolute Gasteiger partial charge is 0.123 e. The second kappa shape index (κ2) is 4.93. The van der Waals surface area contributed by atoms with E-state index in [4.69, 9.17) is 4.74 Å². The molecular weight excluding hydrogens is 222 g/mol. The molecule has 1 aromatic rings. The van der Waals surface area contributed by atoms with E-state index in [9.17, 15) is 0 Å². The first-order valence-corrected chi connectivity index (χ1v) is 7.25. The second-order valence-corrected chi connectivity index (χ2v) is 5.88. The van der Waals surface area contributed by atoms with Crippen molar-refractivity contribution in [2.45, 2.75) is 57.1 Å². The van der Waals surface area contributed by atoms with Crippen LogP contribution in [0.3, 0.4) is 0 Å². The van der Waals surface area contributed by atoms with E-state index in [1.54, 1.807) is 0 Å². The lowest BCUT2D eigenvalue weighted by Gasteiger charge is -2.42. The van der Waals surface area contributed by atoms with Gasteiger partial charge in [-0.15, -0.1) is 0 Å². The predicted molar refractivity (Wildman–Crippen MR) is 74.0 cm³/mol. The number of nitrogens with one attached hydrogen (secondary N) is 1. The van der Waals surface area contributed by atoms with Crippen molar-refractivity contribution in [2.75, 3.05) is 6.54 Å². The highest BCUT2D eigenvalue weighted by atomic mass is 16.5. The minimum absolute atomic E-state index is 0.119. The Morgan fingerprint density at radius 3 is 2.67 bits per heavy atom. The minimum Gasteiger partial charge on any atom is -0.487 e. The van der Waals surface area contributed by atoms with Gasteiger partial charge in [0.25, 0.3) is 0 Å². The third-order valence-corrected chi connectivity index (χ3v) is 4.28. The summed E-state index contributed by atoms with van der Waals surface area (Å²) in [6.45, 7) is 3.24. The highest BCUT2D eigenvalue weighted by molar-refractivity contribution is 5.32. The van der Waals surface area contributed by atoms with E-state index in [0.29, 0.717) is 0 Å². The second-order valence-electron chi connectivity index (χ2n) is 5.88. The fraction of sp³-hybridized carbons (Fsp3) is 0.625. The van der Waals surface area contributed by atoms with Crippen LogP contribution in [-0.2, 0) is 0 Å². The summed E-state index contributed by atoms with van der Waals surface area (Å²) in [5, 5.41) is 3.60. The average molecular weight is 245 g/mol. The molecule has 2 heteroatoms. The van der Waals surface area contributed by atoms with Gasteiger partial charge < -0.3 is 10.1 Å². The van der Waals surface area contributed by atoms with Gasteiger partial charge in [0.15, 0.2) is 0 Å². The van der Waals surface area contributed by atoms with Crippen molar-refractivity contribution in [1.82, 2.24) is 5.32 Å². The third kappa shape index (κ3) is 2.69. The molecular formula is C16H23NO. The van der Waals surface area contributed by atoms with Crippen LogP contribution in [0.4, 0.5) is 0 Å². The zero-order valence-electron chi connectivity index (χ0n) is 11.2. The monoisotopic (exact) mass is 245 g/mol. The molecule has 2 nitrogen and oxygen atoms in total. The molecule has 2 saturated carbocycles. The molecule has 98 valence electrons. The van der Waals surface area contributed by atoms with Crippen LogP contribution in [0.15, 0.2) is 24.3 Å². The van der Waals surface area contributed by atoms with Gasteiger partial charge in [0.05, 0.1) is 0 Å². The highest BCUT2D eigenvalue weighted by Gasteiger charge is 2.39. The average Bonchev–Trinajstić information content (AvgIpc) is 3.12. The highest BCUT2D eigenvalue weighted by Crippen LogP contribution is 2.40. The SMILES string of the molecule is Cc1ccccc1OC1(CCNC2CC2)CCC1.